The van der Waals surface area contributed by atoms with Crippen LogP contribution >= 0.6 is 11.8 Å². The van der Waals surface area contributed by atoms with Gasteiger partial charge in [-0.2, -0.15) is 16.7 Å². The van der Waals surface area contributed by atoms with Crippen LogP contribution in [0.3, 0.4) is 0 Å². The lowest BCUT2D eigenvalue weighted by atomic mass is 10.0. The summed E-state index contributed by atoms with van der Waals surface area (Å²) in [5.74, 6) is 1.05. The lowest BCUT2D eigenvalue weighted by molar-refractivity contribution is 0.120. The molecule has 12 heavy (non-hydrogen) atoms. The SMILES string of the molecule is CC(C)C(O)C1CC(N=O)CS1. The number of aliphatic hydroxyl groups excluding tert-OH is 1. The van der Waals surface area contributed by atoms with E-state index in [1.54, 1.807) is 11.8 Å². The van der Waals surface area contributed by atoms with Crippen molar-refractivity contribution in [1.82, 2.24) is 0 Å². The van der Waals surface area contributed by atoms with Gasteiger partial charge in [-0.15, -0.1) is 0 Å². The van der Waals surface area contributed by atoms with Crippen molar-refractivity contribution < 1.29 is 5.11 Å². The van der Waals surface area contributed by atoms with Gasteiger partial charge in [0.25, 0.3) is 0 Å². The molecular formula is C8H15NO2S. The smallest absolute Gasteiger partial charge is 0.102 e. The van der Waals surface area contributed by atoms with Crippen LogP contribution < -0.4 is 0 Å². The molecule has 0 aromatic carbocycles. The van der Waals surface area contributed by atoms with Gasteiger partial charge >= 0.3 is 0 Å². The molecule has 0 bridgehead atoms. The molecule has 1 saturated heterocycles. The predicted octanol–water partition coefficient (Wildman–Crippen LogP) is 1.64. The summed E-state index contributed by atoms with van der Waals surface area (Å²) in [4.78, 5) is 10.2. The molecule has 0 aromatic rings. The van der Waals surface area contributed by atoms with Crippen molar-refractivity contribution >= 4 is 11.8 Å². The fourth-order valence-electron chi connectivity index (χ4n) is 1.38. The molecule has 1 aliphatic rings. The molecule has 70 valence electrons. The van der Waals surface area contributed by atoms with Crippen molar-refractivity contribution in [1.29, 1.82) is 0 Å². The number of hydrogen-bond acceptors (Lipinski definition) is 4. The number of aliphatic hydroxyl groups is 1. The Morgan fingerprint density at radius 2 is 2.25 bits per heavy atom. The average molecular weight is 189 g/mol. The molecule has 0 aliphatic carbocycles. The second kappa shape index (κ2) is 4.23. The number of thioether (sulfide) groups is 1. The van der Waals surface area contributed by atoms with E-state index in [-0.39, 0.29) is 23.3 Å². The molecule has 3 nitrogen and oxygen atoms in total. The van der Waals surface area contributed by atoms with E-state index in [0.29, 0.717) is 0 Å². The van der Waals surface area contributed by atoms with Crippen molar-refractivity contribution in [3.8, 4) is 0 Å². The Morgan fingerprint density at radius 1 is 1.58 bits per heavy atom. The van der Waals surface area contributed by atoms with Crippen molar-refractivity contribution in [3.05, 3.63) is 4.91 Å². The average Bonchev–Trinajstić information content (AvgIpc) is 2.50. The second-order valence-corrected chi connectivity index (χ2v) is 4.87. The normalized spacial score (nSPS) is 32.3. The van der Waals surface area contributed by atoms with Crippen molar-refractivity contribution in [2.45, 2.75) is 37.7 Å². The molecule has 0 aromatic heterocycles. The van der Waals surface area contributed by atoms with Crippen LogP contribution in [0.4, 0.5) is 0 Å². The van der Waals surface area contributed by atoms with Crippen LogP contribution in [-0.4, -0.2) is 28.3 Å². The van der Waals surface area contributed by atoms with Crippen molar-refractivity contribution in [2.75, 3.05) is 5.75 Å². The topological polar surface area (TPSA) is 49.7 Å². The minimum Gasteiger partial charge on any atom is -0.392 e. The minimum atomic E-state index is -0.290. The predicted molar refractivity (Wildman–Crippen MR) is 51.3 cm³/mol. The largest absolute Gasteiger partial charge is 0.392 e. The second-order valence-electron chi connectivity index (χ2n) is 3.60. The van der Waals surface area contributed by atoms with E-state index in [1.807, 2.05) is 13.8 Å². The highest BCUT2D eigenvalue weighted by molar-refractivity contribution is 8.00. The molecule has 0 spiro atoms. The molecule has 1 rings (SSSR count). The summed E-state index contributed by atoms with van der Waals surface area (Å²) in [6.45, 7) is 3.99. The first kappa shape index (κ1) is 9.99. The van der Waals surface area contributed by atoms with Crippen LogP contribution in [0, 0.1) is 10.8 Å². The highest BCUT2D eigenvalue weighted by Gasteiger charge is 2.32. The Kier molecular flexibility index (Phi) is 3.53. The quantitative estimate of drug-likeness (QED) is 0.687. The summed E-state index contributed by atoms with van der Waals surface area (Å²) in [6, 6.07) is -0.0756. The number of hydrogen-bond donors (Lipinski definition) is 1. The molecule has 1 heterocycles. The third kappa shape index (κ3) is 2.20. The van der Waals surface area contributed by atoms with Crippen molar-refractivity contribution in [2.24, 2.45) is 11.1 Å². The molecule has 3 atom stereocenters. The van der Waals surface area contributed by atoms with E-state index in [9.17, 15) is 10.0 Å². The Labute approximate surface area is 76.9 Å². The summed E-state index contributed by atoms with van der Waals surface area (Å²) in [6.07, 6.45) is 0.454. The summed E-state index contributed by atoms with van der Waals surface area (Å²) < 4.78 is 0. The number of nitrogens with zero attached hydrogens (tertiary/aromatic N) is 1. The molecule has 3 unspecified atom stereocenters. The minimum absolute atomic E-state index is 0.0756. The lowest BCUT2D eigenvalue weighted by Gasteiger charge is -2.20. The zero-order chi connectivity index (χ0) is 9.14. The van der Waals surface area contributed by atoms with Crippen molar-refractivity contribution in [3.63, 3.8) is 0 Å². The van der Waals surface area contributed by atoms with Crippen LogP contribution in [-0.2, 0) is 0 Å². The summed E-state index contributed by atoms with van der Waals surface area (Å²) >= 11 is 1.67. The Balaban J connectivity index is 2.40. The fraction of sp³-hybridized carbons (Fsp3) is 1.00. The molecule has 0 saturated carbocycles. The van der Waals surface area contributed by atoms with E-state index < -0.39 is 0 Å². The van der Waals surface area contributed by atoms with Crippen LogP contribution in [0.15, 0.2) is 5.18 Å². The van der Waals surface area contributed by atoms with Gasteiger partial charge in [0, 0.05) is 11.0 Å². The lowest BCUT2D eigenvalue weighted by Crippen LogP contribution is -2.27. The van der Waals surface area contributed by atoms with Gasteiger partial charge in [-0.05, 0) is 12.3 Å². The number of nitroso groups, excluding NO2 is 1. The fourth-order valence-corrected chi connectivity index (χ4v) is 2.92. The van der Waals surface area contributed by atoms with Gasteiger partial charge in [-0.1, -0.05) is 19.0 Å². The van der Waals surface area contributed by atoms with Gasteiger partial charge in [0.05, 0.1) is 6.10 Å². The van der Waals surface area contributed by atoms with Gasteiger partial charge in [-0.25, -0.2) is 0 Å². The third-order valence-corrected chi connectivity index (χ3v) is 3.70. The van der Waals surface area contributed by atoms with E-state index >= 15 is 0 Å². The molecule has 1 N–H and O–H groups in total. The van der Waals surface area contributed by atoms with E-state index in [4.69, 9.17) is 0 Å². The van der Waals surface area contributed by atoms with E-state index in [0.717, 1.165) is 12.2 Å². The summed E-state index contributed by atoms with van der Waals surface area (Å²) in [5.41, 5.74) is 0. The Morgan fingerprint density at radius 3 is 2.67 bits per heavy atom. The van der Waals surface area contributed by atoms with Crippen LogP contribution in [0.1, 0.15) is 20.3 Å². The zero-order valence-corrected chi connectivity index (χ0v) is 8.25. The zero-order valence-electron chi connectivity index (χ0n) is 7.43. The van der Waals surface area contributed by atoms with Gasteiger partial charge in [0.15, 0.2) is 0 Å². The van der Waals surface area contributed by atoms with E-state index in [1.165, 1.54) is 0 Å². The van der Waals surface area contributed by atoms with E-state index in [2.05, 4.69) is 5.18 Å². The molecule has 4 heteroatoms. The van der Waals surface area contributed by atoms with Crippen LogP contribution in [0.2, 0.25) is 0 Å². The Bertz CT molecular complexity index is 163. The first-order chi connectivity index (χ1) is 5.65. The van der Waals surface area contributed by atoms with Gasteiger partial charge < -0.3 is 5.11 Å². The van der Waals surface area contributed by atoms with Gasteiger partial charge in [0.1, 0.15) is 6.04 Å². The molecule has 0 radical (unpaired) electrons. The number of rotatable bonds is 3. The molecule has 1 aliphatic heterocycles. The molecular weight excluding hydrogens is 174 g/mol. The highest BCUT2D eigenvalue weighted by atomic mass is 32.2. The Hall–Kier alpha value is -0.0900. The summed E-state index contributed by atoms with van der Waals surface area (Å²) in [5, 5.41) is 12.9. The maximum atomic E-state index is 10.2. The monoisotopic (exact) mass is 189 g/mol. The third-order valence-electron chi connectivity index (χ3n) is 2.22. The first-order valence-corrected chi connectivity index (χ1v) is 5.32. The first-order valence-electron chi connectivity index (χ1n) is 4.27. The maximum absolute atomic E-state index is 10.2. The summed E-state index contributed by atoms with van der Waals surface area (Å²) in [7, 11) is 0. The van der Waals surface area contributed by atoms with Crippen LogP contribution in [0.5, 0.6) is 0 Å². The van der Waals surface area contributed by atoms with Gasteiger partial charge in [0.2, 0.25) is 0 Å². The van der Waals surface area contributed by atoms with Crippen LogP contribution in [0.25, 0.3) is 0 Å². The maximum Gasteiger partial charge on any atom is 0.102 e. The highest BCUT2D eigenvalue weighted by Crippen LogP contribution is 2.33. The standard InChI is InChI=1S/C8H15NO2S/c1-5(2)8(10)7-3-6(9-11)4-12-7/h5-8,10H,3-4H2,1-2H3. The molecule has 1 fully saturated rings. The van der Waals surface area contributed by atoms with Gasteiger partial charge in [-0.3, -0.25) is 0 Å². The molecule has 0 amide bonds.